The van der Waals surface area contributed by atoms with Gasteiger partial charge < -0.3 is 15.0 Å². The first kappa shape index (κ1) is 22.8. The number of nitrogens with one attached hydrogen (secondary N) is 1. The second kappa shape index (κ2) is 8.98. The van der Waals surface area contributed by atoms with Gasteiger partial charge in [-0.3, -0.25) is 9.59 Å². The number of rotatable bonds is 7. The Labute approximate surface area is 202 Å². The Morgan fingerprint density at radius 3 is 2.54 bits per heavy atom. The number of H-pyrrole nitrogens is 1. The normalized spacial score (nSPS) is 14.0. The summed E-state index contributed by atoms with van der Waals surface area (Å²) in [6.45, 7) is 4.03. The van der Waals surface area contributed by atoms with Crippen molar-refractivity contribution in [1.82, 2.24) is 14.9 Å². The molecule has 4 aromatic rings. The standard InChI is InChI=1S/C28H27N3O4/c1-3-4-24(28(34)35)31-15-20-13-17(8-11-21(20)27(31)33)5-6-18-7-9-19-10-12-23-25(22(19)14-18)26(32)30-16(2)29-23/h7-14,24H,3-6,15H2,1-2H3,(H,34,35)(H,29,30,32). The number of amides is 1. The molecule has 0 bridgehead atoms. The van der Waals surface area contributed by atoms with Crippen molar-refractivity contribution in [2.24, 2.45) is 0 Å². The first-order valence-corrected chi connectivity index (χ1v) is 11.9. The van der Waals surface area contributed by atoms with Crippen molar-refractivity contribution in [3.8, 4) is 0 Å². The average Bonchev–Trinajstić information content (AvgIpc) is 3.15. The van der Waals surface area contributed by atoms with E-state index in [0.717, 1.165) is 40.3 Å². The number of aliphatic carboxylic acids is 1. The van der Waals surface area contributed by atoms with Gasteiger partial charge in [0.25, 0.3) is 11.5 Å². The van der Waals surface area contributed by atoms with E-state index in [1.165, 1.54) is 4.90 Å². The number of nitrogens with zero attached hydrogens (tertiary/aromatic N) is 2. The Bertz CT molecular complexity index is 1540. The molecule has 0 saturated carbocycles. The molecule has 0 aliphatic carbocycles. The van der Waals surface area contributed by atoms with Crippen molar-refractivity contribution >= 4 is 33.6 Å². The average molecular weight is 470 g/mol. The van der Waals surface area contributed by atoms with E-state index in [9.17, 15) is 19.5 Å². The molecule has 1 amide bonds. The van der Waals surface area contributed by atoms with Gasteiger partial charge in [0.1, 0.15) is 11.9 Å². The molecule has 1 unspecified atom stereocenters. The zero-order valence-corrected chi connectivity index (χ0v) is 19.8. The summed E-state index contributed by atoms with van der Waals surface area (Å²) in [4.78, 5) is 45.9. The summed E-state index contributed by atoms with van der Waals surface area (Å²) >= 11 is 0. The molecule has 5 rings (SSSR count). The number of carboxylic acid groups (broad SMARTS) is 1. The Kier molecular flexibility index (Phi) is 5.84. The van der Waals surface area contributed by atoms with Crippen LogP contribution in [0.5, 0.6) is 0 Å². The number of carbonyl (C=O) groups is 2. The highest BCUT2D eigenvalue weighted by Crippen LogP contribution is 2.28. The Morgan fingerprint density at radius 1 is 1.09 bits per heavy atom. The molecule has 1 aliphatic heterocycles. The summed E-state index contributed by atoms with van der Waals surface area (Å²) in [5, 5.41) is 12.1. The highest BCUT2D eigenvalue weighted by molar-refractivity contribution is 6.06. The molecule has 7 heteroatoms. The smallest absolute Gasteiger partial charge is 0.326 e. The lowest BCUT2D eigenvalue weighted by molar-refractivity contribution is -0.142. The van der Waals surface area contributed by atoms with Gasteiger partial charge in [-0.2, -0.15) is 0 Å². The number of carbonyl (C=O) groups excluding carboxylic acids is 1. The van der Waals surface area contributed by atoms with Crippen LogP contribution >= 0.6 is 0 Å². The predicted molar refractivity (Wildman–Crippen MR) is 135 cm³/mol. The quantitative estimate of drug-likeness (QED) is 0.391. The van der Waals surface area contributed by atoms with Crippen molar-refractivity contribution in [3.05, 3.63) is 87.0 Å². The molecule has 1 aromatic heterocycles. The third-order valence-corrected chi connectivity index (χ3v) is 6.80. The summed E-state index contributed by atoms with van der Waals surface area (Å²) in [5.41, 5.74) is 4.23. The topological polar surface area (TPSA) is 103 Å². The van der Waals surface area contributed by atoms with Gasteiger partial charge in [-0.05, 0) is 65.8 Å². The highest BCUT2D eigenvalue weighted by atomic mass is 16.4. The van der Waals surface area contributed by atoms with Crippen molar-refractivity contribution in [2.45, 2.75) is 52.1 Å². The van der Waals surface area contributed by atoms with Crippen LogP contribution in [-0.2, 0) is 24.2 Å². The van der Waals surface area contributed by atoms with E-state index in [4.69, 9.17) is 0 Å². The molecule has 0 radical (unpaired) electrons. The minimum absolute atomic E-state index is 0.133. The van der Waals surface area contributed by atoms with Crippen LogP contribution in [0.1, 0.15) is 52.6 Å². The van der Waals surface area contributed by atoms with Crippen molar-refractivity contribution in [2.75, 3.05) is 0 Å². The third-order valence-electron chi connectivity index (χ3n) is 6.80. The van der Waals surface area contributed by atoms with Crippen molar-refractivity contribution in [1.29, 1.82) is 0 Å². The fraction of sp³-hybridized carbons (Fsp3) is 0.286. The number of aryl methyl sites for hydroxylation is 3. The fourth-order valence-corrected chi connectivity index (χ4v) is 5.06. The number of hydrogen-bond acceptors (Lipinski definition) is 4. The molecule has 2 heterocycles. The lowest BCUT2D eigenvalue weighted by Gasteiger charge is -2.23. The lowest BCUT2D eigenvalue weighted by atomic mass is 9.97. The van der Waals surface area contributed by atoms with Gasteiger partial charge in [0.05, 0.1) is 10.9 Å². The van der Waals surface area contributed by atoms with Gasteiger partial charge in [-0.15, -0.1) is 0 Å². The van der Waals surface area contributed by atoms with Crippen LogP contribution in [0.25, 0.3) is 21.7 Å². The third kappa shape index (κ3) is 4.18. The van der Waals surface area contributed by atoms with E-state index in [-0.39, 0.29) is 11.5 Å². The number of aromatic amines is 1. The summed E-state index contributed by atoms with van der Waals surface area (Å²) in [6.07, 6.45) is 2.68. The van der Waals surface area contributed by atoms with Crippen LogP contribution in [0.4, 0.5) is 0 Å². The van der Waals surface area contributed by atoms with E-state index >= 15 is 0 Å². The van der Waals surface area contributed by atoms with Crippen molar-refractivity contribution in [3.63, 3.8) is 0 Å². The number of hydrogen-bond donors (Lipinski definition) is 2. The Hall–Kier alpha value is -4.00. The first-order chi connectivity index (χ1) is 16.9. The maximum atomic E-state index is 12.8. The molecule has 35 heavy (non-hydrogen) atoms. The zero-order valence-electron chi connectivity index (χ0n) is 19.8. The summed E-state index contributed by atoms with van der Waals surface area (Å²) in [7, 11) is 0. The van der Waals surface area contributed by atoms with Gasteiger partial charge in [-0.25, -0.2) is 9.78 Å². The van der Waals surface area contributed by atoms with Crippen LogP contribution in [0, 0.1) is 6.92 Å². The summed E-state index contributed by atoms with van der Waals surface area (Å²) < 4.78 is 0. The van der Waals surface area contributed by atoms with Gasteiger partial charge >= 0.3 is 5.97 Å². The molecule has 3 aromatic carbocycles. The first-order valence-electron chi connectivity index (χ1n) is 11.9. The number of carboxylic acids is 1. The van der Waals surface area contributed by atoms with E-state index in [0.29, 0.717) is 41.7 Å². The summed E-state index contributed by atoms with van der Waals surface area (Å²) in [6, 6.07) is 15.0. The molecule has 178 valence electrons. The molecule has 1 aliphatic rings. The van der Waals surface area contributed by atoms with E-state index in [2.05, 4.69) is 22.1 Å². The highest BCUT2D eigenvalue weighted by Gasteiger charge is 2.35. The SMILES string of the molecule is CCCC(C(=O)O)N1Cc2cc(CCc3ccc4ccc5nc(C)[nH]c(=O)c5c4c3)ccc2C1=O. The number of aromatic nitrogens is 2. The maximum Gasteiger partial charge on any atom is 0.326 e. The van der Waals surface area contributed by atoms with Gasteiger partial charge in [0.15, 0.2) is 0 Å². The van der Waals surface area contributed by atoms with Crippen LogP contribution in [-0.4, -0.2) is 37.9 Å². The molecular formula is C28H27N3O4. The largest absolute Gasteiger partial charge is 0.480 e. The number of benzene rings is 3. The predicted octanol–water partition coefficient (Wildman–Crippen LogP) is 4.38. The molecular weight excluding hydrogens is 442 g/mol. The van der Waals surface area contributed by atoms with Crippen LogP contribution in [0.15, 0.2) is 53.3 Å². The Balaban J connectivity index is 1.38. The monoisotopic (exact) mass is 469 g/mol. The molecule has 1 atom stereocenters. The molecule has 7 nitrogen and oxygen atoms in total. The van der Waals surface area contributed by atoms with Gasteiger partial charge in [0, 0.05) is 12.1 Å². The number of fused-ring (bicyclic) bond motifs is 4. The zero-order chi connectivity index (χ0) is 24.7. The lowest BCUT2D eigenvalue weighted by Crippen LogP contribution is -2.41. The second-order valence-electron chi connectivity index (χ2n) is 9.23. The molecule has 0 fully saturated rings. The van der Waals surface area contributed by atoms with Crippen molar-refractivity contribution < 1.29 is 14.7 Å². The second-order valence-corrected chi connectivity index (χ2v) is 9.23. The maximum absolute atomic E-state index is 12.8. The minimum Gasteiger partial charge on any atom is -0.480 e. The molecule has 2 N–H and O–H groups in total. The summed E-state index contributed by atoms with van der Waals surface area (Å²) in [5.74, 6) is -0.569. The molecule has 0 saturated heterocycles. The van der Waals surface area contributed by atoms with Gasteiger partial charge in [-0.1, -0.05) is 49.7 Å². The van der Waals surface area contributed by atoms with Gasteiger partial charge in [0.2, 0.25) is 0 Å². The molecule has 0 spiro atoms. The Morgan fingerprint density at radius 2 is 1.80 bits per heavy atom. The van der Waals surface area contributed by atoms with E-state index < -0.39 is 12.0 Å². The van der Waals surface area contributed by atoms with Crippen LogP contribution in [0.3, 0.4) is 0 Å². The van der Waals surface area contributed by atoms with Crippen LogP contribution in [0.2, 0.25) is 0 Å². The fourth-order valence-electron chi connectivity index (χ4n) is 5.06. The van der Waals surface area contributed by atoms with E-state index in [1.807, 2.05) is 43.3 Å². The van der Waals surface area contributed by atoms with Crippen LogP contribution < -0.4 is 5.56 Å². The van der Waals surface area contributed by atoms with E-state index in [1.54, 1.807) is 6.92 Å². The minimum atomic E-state index is -0.957.